The van der Waals surface area contributed by atoms with E-state index in [1.807, 2.05) is 6.08 Å². The fourth-order valence-corrected chi connectivity index (χ4v) is 2.14. The smallest absolute Gasteiger partial charge is 0.247 e. The lowest BCUT2D eigenvalue weighted by Crippen LogP contribution is -2.43. The van der Waals surface area contributed by atoms with E-state index in [2.05, 4.69) is 0 Å². The monoisotopic (exact) mass is 207 g/mol. The van der Waals surface area contributed by atoms with Gasteiger partial charge in [0.05, 0.1) is 7.11 Å². The summed E-state index contributed by atoms with van der Waals surface area (Å²) in [6.07, 6.45) is 6.19. The largest absolute Gasteiger partial charge is 0.290 e. The SMILES string of the molecule is CON1C(=O)CCC12C=CC(=O)C(C)=C2. The van der Waals surface area contributed by atoms with Crippen LogP contribution in [0.5, 0.6) is 0 Å². The summed E-state index contributed by atoms with van der Waals surface area (Å²) in [4.78, 5) is 27.9. The Morgan fingerprint density at radius 3 is 2.80 bits per heavy atom. The molecule has 1 saturated heterocycles. The quantitative estimate of drug-likeness (QED) is 0.644. The molecule has 4 heteroatoms. The molecule has 15 heavy (non-hydrogen) atoms. The zero-order valence-corrected chi connectivity index (χ0v) is 8.82. The number of hydroxylamine groups is 2. The maximum Gasteiger partial charge on any atom is 0.247 e. The summed E-state index contributed by atoms with van der Waals surface area (Å²) < 4.78 is 0. The number of rotatable bonds is 1. The zero-order chi connectivity index (χ0) is 11.1. The van der Waals surface area contributed by atoms with Gasteiger partial charge in [0.25, 0.3) is 0 Å². The van der Waals surface area contributed by atoms with Gasteiger partial charge in [-0.3, -0.25) is 14.4 Å². The summed E-state index contributed by atoms with van der Waals surface area (Å²) in [5, 5.41) is 1.35. The molecule has 1 fully saturated rings. The fourth-order valence-electron chi connectivity index (χ4n) is 2.14. The van der Waals surface area contributed by atoms with Gasteiger partial charge in [-0.1, -0.05) is 0 Å². The number of nitrogens with zero attached hydrogens (tertiary/aromatic N) is 1. The predicted octanol–water partition coefficient (Wildman–Crippen LogP) is 0.994. The molecular formula is C11H13NO3. The van der Waals surface area contributed by atoms with Crippen molar-refractivity contribution in [3.05, 3.63) is 23.8 Å². The molecule has 1 spiro atoms. The molecule has 0 aromatic heterocycles. The minimum Gasteiger partial charge on any atom is -0.290 e. The third-order valence-electron chi connectivity index (χ3n) is 2.90. The number of hydrogen-bond acceptors (Lipinski definition) is 3. The van der Waals surface area contributed by atoms with Crippen molar-refractivity contribution in [3.63, 3.8) is 0 Å². The van der Waals surface area contributed by atoms with Crippen LogP contribution in [-0.4, -0.2) is 29.4 Å². The summed E-state index contributed by atoms with van der Waals surface area (Å²) in [7, 11) is 1.47. The van der Waals surface area contributed by atoms with E-state index in [1.165, 1.54) is 18.2 Å². The standard InChI is InChI=1S/C11H13NO3/c1-8-7-11(5-3-9(8)13)6-4-10(14)12(11)15-2/h3,5,7H,4,6H2,1-2H3. The molecule has 1 aliphatic heterocycles. The van der Waals surface area contributed by atoms with Crippen molar-refractivity contribution in [2.45, 2.75) is 25.3 Å². The van der Waals surface area contributed by atoms with Crippen LogP contribution in [0.15, 0.2) is 23.8 Å². The predicted molar refractivity (Wildman–Crippen MR) is 53.7 cm³/mol. The summed E-state index contributed by atoms with van der Waals surface area (Å²) in [5.74, 6) is -0.0448. The molecule has 80 valence electrons. The second-order valence-corrected chi connectivity index (χ2v) is 3.89. The molecule has 0 radical (unpaired) electrons. The van der Waals surface area contributed by atoms with Crippen molar-refractivity contribution < 1.29 is 14.4 Å². The van der Waals surface area contributed by atoms with Crippen LogP contribution in [0.3, 0.4) is 0 Å². The van der Waals surface area contributed by atoms with E-state index in [1.54, 1.807) is 13.0 Å². The first kappa shape index (κ1) is 10.1. The van der Waals surface area contributed by atoms with Crippen LogP contribution in [0.25, 0.3) is 0 Å². The molecule has 0 saturated carbocycles. The van der Waals surface area contributed by atoms with Crippen LogP contribution >= 0.6 is 0 Å². The van der Waals surface area contributed by atoms with E-state index in [9.17, 15) is 9.59 Å². The molecule has 1 atom stereocenters. The van der Waals surface area contributed by atoms with E-state index in [0.29, 0.717) is 18.4 Å². The maximum atomic E-state index is 11.5. The first-order valence-electron chi connectivity index (χ1n) is 4.89. The molecule has 2 rings (SSSR count). The van der Waals surface area contributed by atoms with Gasteiger partial charge in [-0.05, 0) is 37.1 Å². The van der Waals surface area contributed by atoms with Gasteiger partial charge in [-0.15, -0.1) is 0 Å². The molecule has 1 amide bonds. The third-order valence-corrected chi connectivity index (χ3v) is 2.90. The molecule has 0 aromatic carbocycles. The third kappa shape index (κ3) is 1.41. The van der Waals surface area contributed by atoms with Crippen LogP contribution in [0, 0.1) is 0 Å². The Kier molecular flexibility index (Phi) is 2.23. The van der Waals surface area contributed by atoms with Gasteiger partial charge in [-0.2, -0.15) is 0 Å². The molecule has 0 bridgehead atoms. The summed E-state index contributed by atoms with van der Waals surface area (Å²) in [6, 6.07) is 0. The van der Waals surface area contributed by atoms with Crippen molar-refractivity contribution in [2.75, 3.05) is 7.11 Å². The Hall–Kier alpha value is -1.42. The second-order valence-electron chi connectivity index (χ2n) is 3.89. The van der Waals surface area contributed by atoms with E-state index in [0.717, 1.165) is 0 Å². The summed E-state index contributed by atoms with van der Waals surface area (Å²) >= 11 is 0. The van der Waals surface area contributed by atoms with Crippen LogP contribution in [0.4, 0.5) is 0 Å². The Morgan fingerprint density at radius 2 is 2.20 bits per heavy atom. The molecule has 1 aliphatic carbocycles. The Balaban J connectivity index is 2.40. The minimum atomic E-state index is -0.538. The van der Waals surface area contributed by atoms with Crippen LogP contribution in [-0.2, 0) is 14.4 Å². The highest BCUT2D eigenvalue weighted by Gasteiger charge is 2.44. The van der Waals surface area contributed by atoms with Crippen LogP contribution in [0.1, 0.15) is 19.8 Å². The highest BCUT2D eigenvalue weighted by molar-refractivity contribution is 6.05. The molecule has 0 aromatic rings. The van der Waals surface area contributed by atoms with E-state index in [-0.39, 0.29) is 11.7 Å². The van der Waals surface area contributed by atoms with Crippen molar-refractivity contribution in [1.82, 2.24) is 5.06 Å². The number of carbonyl (C=O) groups is 2. The Morgan fingerprint density at radius 1 is 1.47 bits per heavy atom. The molecule has 1 heterocycles. The lowest BCUT2D eigenvalue weighted by atomic mass is 9.88. The topological polar surface area (TPSA) is 46.6 Å². The Bertz CT molecular complexity index is 383. The number of carbonyl (C=O) groups excluding carboxylic acids is 2. The zero-order valence-electron chi connectivity index (χ0n) is 8.82. The van der Waals surface area contributed by atoms with Crippen molar-refractivity contribution in [1.29, 1.82) is 0 Å². The van der Waals surface area contributed by atoms with Crippen molar-refractivity contribution >= 4 is 11.7 Å². The fraction of sp³-hybridized carbons (Fsp3) is 0.455. The lowest BCUT2D eigenvalue weighted by Gasteiger charge is -2.33. The first-order valence-corrected chi connectivity index (χ1v) is 4.89. The van der Waals surface area contributed by atoms with E-state index >= 15 is 0 Å². The highest BCUT2D eigenvalue weighted by Crippen LogP contribution is 2.36. The average molecular weight is 207 g/mol. The minimum absolute atomic E-state index is 0.00368. The molecule has 0 N–H and O–H groups in total. The molecule has 2 aliphatic rings. The van der Waals surface area contributed by atoms with E-state index < -0.39 is 5.54 Å². The van der Waals surface area contributed by atoms with Gasteiger partial charge in [0.1, 0.15) is 5.54 Å². The number of amides is 1. The maximum absolute atomic E-state index is 11.5. The van der Waals surface area contributed by atoms with Gasteiger partial charge < -0.3 is 0 Å². The van der Waals surface area contributed by atoms with Gasteiger partial charge in [0.15, 0.2) is 5.78 Å². The first-order chi connectivity index (χ1) is 7.09. The van der Waals surface area contributed by atoms with Crippen molar-refractivity contribution in [3.8, 4) is 0 Å². The highest BCUT2D eigenvalue weighted by atomic mass is 16.7. The molecule has 4 nitrogen and oxygen atoms in total. The normalized spacial score (nSPS) is 30.3. The molecular weight excluding hydrogens is 194 g/mol. The van der Waals surface area contributed by atoms with Crippen LogP contribution < -0.4 is 0 Å². The Labute approximate surface area is 88.1 Å². The van der Waals surface area contributed by atoms with Gasteiger partial charge >= 0.3 is 0 Å². The lowest BCUT2D eigenvalue weighted by molar-refractivity contribution is -0.182. The number of allylic oxidation sites excluding steroid dienone is 2. The number of ketones is 1. The number of hydrogen-bond donors (Lipinski definition) is 0. The van der Waals surface area contributed by atoms with Gasteiger partial charge in [0.2, 0.25) is 5.91 Å². The van der Waals surface area contributed by atoms with Gasteiger partial charge in [-0.25, -0.2) is 5.06 Å². The summed E-state index contributed by atoms with van der Waals surface area (Å²) in [5.41, 5.74) is 0.123. The van der Waals surface area contributed by atoms with E-state index in [4.69, 9.17) is 4.84 Å². The summed E-state index contributed by atoms with van der Waals surface area (Å²) in [6.45, 7) is 1.75. The van der Waals surface area contributed by atoms with Crippen LogP contribution in [0.2, 0.25) is 0 Å². The second kappa shape index (κ2) is 3.31. The van der Waals surface area contributed by atoms with Gasteiger partial charge in [0, 0.05) is 6.42 Å². The average Bonchev–Trinajstić information content (AvgIpc) is 2.50. The molecule has 1 unspecified atom stereocenters. The van der Waals surface area contributed by atoms with Crippen molar-refractivity contribution in [2.24, 2.45) is 0 Å².